The highest BCUT2D eigenvalue weighted by Crippen LogP contribution is 2.21. The molecule has 100 valence electrons. The molecule has 4 nitrogen and oxygen atoms in total. The van der Waals surface area contributed by atoms with E-state index in [1.807, 2.05) is 0 Å². The number of ether oxygens (including phenoxy) is 1. The molecule has 1 fully saturated rings. The largest absolute Gasteiger partial charge is 0.468 e. The fraction of sp³-hybridized carbons (Fsp3) is 0.923. The third kappa shape index (κ3) is 4.64. The number of piperidine rings is 1. The Morgan fingerprint density at radius 1 is 1.47 bits per heavy atom. The lowest BCUT2D eigenvalue weighted by Gasteiger charge is -2.37. The topological polar surface area (TPSA) is 55.6 Å². The molecule has 0 amide bonds. The van der Waals surface area contributed by atoms with Gasteiger partial charge in [0.05, 0.1) is 7.11 Å². The van der Waals surface area contributed by atoms with Gasteiger partial charge in [0.15, 0.2) is 0 Å². The number of nitrogens with zero attached hydrogens (tertiary/aromatic N) is 1. The fourth-order valence-corrected chi connectivity index (χ4v) is 2.58. The Morgan fingerprint density at radius 2 is 2.18 bits per heavy atom. The molecule has 1 aliphatic rings. The fourth-order valence-electron chi connectivity index (χ4n) is 2.58. The minimum absolute atomic E-state index is 0.292. The molecule has 0 aliphatic carbocycles. The molecule has 0 spiro atoms. The van der Waals surface area contributed by atoms with Gasteiger partial charge in [-0.3, -0.25) is 4.79 Å². The van der Waals surface area contributed by atoms with Gasteiger partial charge in [0.2, 0.25) is 0 Å². The highest BCUT2D eigenvalue weighted by molar-refractivity contribution is 5.75. The van der Waals surface area contributed by atoms with Crippen LogP contribution in [0.1, 0.15) is 39.5 Å². The molecule has 2 atom stereocenters. The van der Waals surface area contributed by atoms with Crippen LogP contribution < -0.4 is 5.73 Å². The molecule has 0 aromatic rings. The first-order valence-corrected chi connectivity index (χ1v) is 6.62. The Morgan fingerprint density at radius 3 is 2.76 bits per heavy atom. The highest BCUT2D eigenvalue weighted by atomic mass is 16.5. The van der Waals surface area contributed by atoms with Crippen LogP contribution in [0, 0.1) is 5.92 Å². The molecule has 17 heavy (non-hydrogen) atoms. The summed E-state index contributed by atoms with van der Waals surface area (Å²) in [4.78, 5) is 13.8. The lowest BCUT2D eigenvalue weighted by atomic mass is 9.95. The molecule has 0 radical (unpaired) electrons. The number of methoxy groups -OCH3 is 1. The predicted octanol–water partition coefficient (Wildman–Crippen LogP) is 1.39. The van der Waals surface area contributed by atoms with Crippen LogP contribution in [-0.2, 0) is 9.53 Å². The Balaban J connectivity index is 2.50. The summed E-state index contributed by atoms with van der Waals surface area (Å²) < 4.78 is 4.69. The number of carbonyl (C=O) groups excluding carboxylic acids is 1. The Labute approximate surface area is 104 Å². The lowest BCUT2D eigenvalue weighted by molar-refractivity contribution is -0.142. The third-order valence-corrected chi connectivity index (χ3v) is 3.38. The van der Waals surface area contributed by atoms with Gasteiger partial charge in [-0.2, -0.15) is 0 Å². The van der Waals surface area contributed by atoms with E-state index in [0.717, 1.165) is 25.9 Å². The van der Waals surface area contributed by atoms with E-state index in [1.165, 1.54) is 20.0 Å². The number of hydrogen-bond acceptors (Lipinski definition) is 4. The van der Waals surface area contributed by atoms with Crippen LogP contribution in [0.15, 0.2) is 0 Å². The summed E-state index contributed by atoms with van der Waals surface area (Å²) in [5, 5.41) is 0. The van der Waals surface area contributed by atoms with Crippen molar-refractivity contribution < 1.29 is 9.53 Å². The molecule has 0 bridgehead atoms. The smallest absolute Gasteiger partial charge is 0.322 e. The summed E-state index contributed by atoms with van der Waals surface area (Å²) in [5.74, 6) is 0.366. The van der Waals surface area contributed by atoms with Crippen molar-refractivity contribution in [3.05, 3.63) is 0 Å². The molecule has 2 N–H and O–H groups in total. The van der Waals surface area contributed by atoms with Crippen molar-refractivity contribution in [3.63, 3.8) is 0 Å². The quantitative estimate of drug-likeness (QED) is 0.740. The maximum absolute atomic E-state index is 11.3. The molecule has 1 heterocycles. The molecule has 1 rings (SSSR count). The average molecular weight is 242 g/mol. The maximum Gasteiger partial charge on any atom is 0.322 e. The van der Waals surface area contributed by atoms with Crippen molar-refractivity contribution in [2.24, 2.45) is 11.7 Å². The van der Waals surface area contributed by atoms with Crippen LogP contribution in [0.5, 0.6) is 0 Å². The summed E-state index contributed by atoms with van der Waals surface area (Å²) in [5.41, 5.74) is 5.85. The molecular formula is C13H26N2O2. The Hall–Kier alpha value is -0.610. The van der Waals surface area contributed by atoms with E-state index in [-0.39, 0.29) is 5.97 Å². The van der Waals surface area contributed by atoms with E-state index >= 15 is 0 Å². The second-order valence-corrected chi connectivity index (χ2v) is 5.40. The standard InChI is InChI=1S/C13H26N2O2/c1-10(2)9-15-7-5-4-6-11(15)8-12(14)13(16)17-3/h10-12H,4-9,14H2,1-3H3. The van der Waals surface area contributed by atoms with Gasteiger partial charge in [0, 0.05) is 12.6 Å². The lowest BCUT2D eigenvalue weighted by Crippen LogP contribution is -2.46. The predicted molar refractivity (Wildman–Crippen MR) is 68.7 cm³/mol. The van der Waals surface area contributed by atoms with Crippen LogP contribution in [-0.4, -0.2) is 43.2 Å². The van der Waals surface area contributed by atoms with Crippen LogP contribution in [0.2, 0.25) is 0 Å². The molecule has 2 unspecified atom stereocenters. The number of likely N-dealkylation sites (tertiary alicyclic amines) is 1. The molecule has 4 heteroatoms. The third-order valence-electron chi connectivity index (χ3n) is 3.38. The van der Waals surface area contributed by atoms with Crippen LogP contribution in [0.25, 0.3) is 0 Å². The molecule has 1 aliphatic heterocycles. The number of rotatable bonds is 5. The van der Waals surface area contributed by atoms with Gasteiger partial charge in [-0.1, -0.05) is 20.3 Å². The summed E-state index contributed by atoms with van der Waals surface area (Å²) in [6, 6.07) is -0.0296. The van der Waals surface area contributed by atoms with Crippen molar-refractivity contribution in [2.75, 3.05) is 20.2 Å². The van der Waals surface area contributed by atoms with E-state index < -0.39 is 6.04 Å². The van der Waals surface area contributed by atoms with Crippen LogP contribution in [0.3, 0.4) is 0 Å². The van der Waals surface area contributed by atoms with Crippen molar-refractivity contribution in [3.8, 4) is 0 Å². The van der Waals surface area contributed by atoms with Crippen molar-refractivity contribution >= 4 is 5.97 Å². The van der Waals surface area contributed by atoms with Gasteiger partial charge in [0.25, 0.3) is 0 Å². The Kier molecular flexibility index (Phi) is 5.92. The molecule has 0 saturated carbocycles. The SMILES string of the molecule is COC(=O)C(N)CC1CCCCN1CC(C)C. The zero-order chi connectivity index (χ0) is 12.8. The normalized spacial score (nSPS) is 23.7. The molecule has 1 saturated heterocycles. The summed E-state index contributed by atoms with van der Waals surface area (Å²) in [6.45, 7) is 6.69. The molecule has 0 aromatic carbocycles. The van der Waals surface area contributed by atoms with E-state index in [9.17, 15) is 4.79 Å². The van der Waals surface area contributed by atoms with Gasteiger partial charge < -0.3 is 15.4 Å². The Bertz CT molecular complexity index is 244. The number of nitrogens with two attached hydrogens (primary N) is 1. The van der Waals surface area contributed by atoms with Gasteiger partial charge in [-0.15, -0.1) is 0 Å². The van der Waals surface area contributed by atoms with Crippen molar-refractivity contribution in [1.82, 2.24) is 4.90 Å². The molecular weight excluding hydrogens is 216 g/mol. The van der Waals surface area contributed by atoms with E-state index in [1.54, 1.807) is 0 Å². The number of hydrogen-bond donors (Lipinski definition) is 1. The van der Waals surface area contributed by atoms with Gasteiger partial charge in [0.1, 0.15) is 6.04 Å². The summed E-state index contributed by atoms with van der Waals surface area (Å²) >= 11 is 0. The van der Waals surface area contributed by atoms with E-state index in [2.05, 4.69) is 23.5 Å². The second-order valence-electron chi connectivity index (χ2n) is 5.40. The number of carbonyl (C=O) groups is 1. The average Bonchev–Trinajstić information content (AvgIpc) is 2.29. The van der Waals surface area contributed by atoms with Crippen LogP contribution in [0.4, 0.5) is 0 Å². The van der Waals surface area contributed by atoms with Crippen molar-refractivity contribution in [2.45, 2.75) is 51.6 Å². The number of esters is 1. The van der Waals surface area contributed by atoms with Gasteiger partial charge in [-0.05, 0) is 31.7 Å². The molecule has 0 aromatic heterocycles. The monoisotopic (exact) mass is 242 g/mol. The highest BCUT2D eigenvalue weighted by Gasteiger charge is 2.27. The van der Waals surface area contributed by atoms with E-state index in [0.29, 0.717) is 12.0 Å². The first-order valence-electron chi connectivity index (χ1n) is 6.62. The first-order chi connectivity index (χ1) is 8.04. The minimum atomic E-state index is -0.474. The van der Waals surface area contributed by atoms with Crippen LogP contribution >= 0.6 is 0 Å². The van der Waals surface area contributed by atoms with Gasteiger partial charge in [-0.25, -0.2) is 0 Å². The second kappa shape index (κ2) is 6.97. The summed E-state index contributed by atoms with van der Waals surface area (Å²) in [7, 11) is 1.40. The van der Waals surface area contributed by atoms with Crippen molar-refractivity contribution in [1.29, 1.82) is 0 Å². The maximum atomic E-state index is 11.3. The first kappa shape index (κ1) is 14.5. The summed E-state index contributed by atoms with van der Waals surface area (Å²) in [6.07, 6.45) is 4.38. The van der Waals surface area contributed by atoms with E-state index in [4.69, 9.17) is 5.73 Å². The zero-order valence-electron chi connectivity index (χ0n) is 11.3. The van der Waals surface area contributed by atoms with Gasteiger partial charge >= 0.3 is 5.97 Å². The zero-order valence-corrected chi connectivity index (χ0v) is 11.3. The minimum Gasteiger partial charge on any atom is -0.468 e.